The van der Waals surface area contributed by atoms with Gasteiger partial charge in [0.1, 0.15) is 5.75 Å². The molecule has 0 aliphatic rings. The van der Waals surface area contributed by atoms with Crippen LogP contribution in [-0.4, -0.2) is 21.7 Å². The molecule has 0 aliphatic heterocycles. The Morgan fingerprint density at radius 3 is 2.71 bits per heavy atom. The number of ether oxygens (including phenoxy) is 1. The van der Waals surface area contributed by atoms with Crippen LogP contribution >= 0.6 is 0 Å². The molecule has 2 aromatic rings. The lowest BCUT2D eigenvalue weighted by Crippen LogP contribution is -2.09. The van der Waals surface area contributed by atoms with Crippen molar-refractivity contribution in [3.8, 4) is 11.6 Å². The summed E-state index contributed by atoms with van der Waals surface area (Å²) >= 11 is 0. The number of rotatable bonds is 4. The van der Waals surface area contributed by atoms with Gasteiger partial charge in [0.25, 0.3) is 5.88 Å². The molecule has 0 saturated carbocycles. The van der Waals surface area contributed by atoms with Crippen molar-refractivity contribution in [2.24, 2.45) is 0 Å². The molecule has 0 radical (unpaired) electrons. The summed E-state index contributed by atoms with van der Waals surface area (Å²) in [5, 5.41) is 8.77. The zero-order valence-electron chi connectivity index (χ0n) is 9.09. The van der Waals surface area contributed by atoms with E-state index in [0.29, 0.717) is 12.2 Å². The molecule has 0 saturated heterocycles. The molecule has 17 heavy (non-hydrogen) atoms. The van der Waals surface area contributed by atoms with E-state index in [1.807, 2.05) is 12.1 Å². The predicted octanol–water partition coefficient (Wildman–Crippen LogP) is 1.10. The lowest BCUT2D eigenvalue weighted by molar-refractivity contribution is 0.299. The van der Waals surface area contributed by atoms with Gasteiger partial charge in [0.15, 0.2) is 0 Å². The minimum absolute atomic E-state index is 0.0161. The van der Waals surface area contributed by atoms with Gasteiger partial charge in [-0.15, -0.1) is 0 Å². The van der Waals surface area contributed by atoms with E-state index in [9.17, 15) is 4.79 Å². The maximum atomic E-state index is 11.3. The van der Waals surface area contributed by atoms with Crippen molar-refractivity contribution < 1.29 is 9.84 Å². The second-order valence-corrected chi connectivity index (χ2v) is 3.44. The third kappa shape index (κ3) is 2.92. The van der Waals surface area contributed by atoms with Gasteiger partial charge in [-0.2, -0.15) is 0 Å². The Labute approximate surface area is 97.7 Å². The Balaban J connectivity index is 2.14. The topological polar surface area (TPSA) is 75.2 Å². The van der Waals surface area contributed by atoms with Crippen molar-refractivity contribution in [2.45, 2.75) is 6.42 Å². The number of hydrogen-bond donors (Lipinski definition) is 2. The monoisotopic (exact) mass is 232 g/mol. The second-order valence-electron chi connectivity index (χ2n) is 3.44. The standard InChI is InChI=1S/C12H12N2O3/c15-8-5-9-1-3-10(4-2-9)17-12-11(16)13-6-7-14-12/h1-4,6-7,15H,5,8H2,(H,13,16). The van der Waals surface area contributed by atoms with Crippen LogP contribution in [0.2, 0.25) is 0 Å². The number of aromatic amines is 1. The molecule has 88 valence electrons. The van der Waals surface area contributed by atoms with Crippen molar-refractivity contribution >= 4 is 0 Å². The van der Waals surface area contributed by atoms with Gasteiger partial charge in [0.2, 0.25) is 0 Å². The van der Waals surface area contributed by atoms with Crippen LogP contribution in [0.15, 0.2) is 41.5 Å². The van der Waals surface area contributed by atoms with Gasteiger partial charge in [-0.3, -0.25) is 4.79 Å². The summed E-state index contributed by atoms with van der Waals surface area (Å²) in [5.74, 6) is 0.554. The molecular formula is C12H12N2O3. The number of benzene rings is 1. The maximum Gasteiger partial charge on any atom is 0.311 e. The van der Waals surface area contributed by atoms with Crippen LogP contribution in [0.1, 0.15) is 5.56 Å². The van der Waals surface area contributed by atoms with E-state index in [0.717, 1.165) is 5.56 Å². The van der Waals surface area contributed by atoms with Crippen LogP contribution in [0.3, 0.4) is 0 Å². The Hall–Kier alpha value is -2.14. The summed E-state index contributed by atoms with van der Waals surface area (Å²) < 4.78 is 5.32. The Morgan fingerprint density at radius 2 is 2.06 bits per heavy atom. The first kappa shape index (κ1) is 11.3. The van der Waals surface area contributed by atoms with Gasteiger partial charge in [-0.25, -0.2) is 4.98 Å². The third-order valence-electron chi connectivity index (χ3n) is 2.21. The average molecular weight is 232 g/mol. The van der Waals surface area contributed by atoms with Crippen molar-refractivity contribution in [3.05, 3.63) is 52.6 Å². The normalized spacial score (nSPS) is 10.2. The Bertz CT molecular complexity index is 534. The lowest BCUT2D eigenvalue weighted by atomic mass is 10.1. The summed E-state index contributed by atoms with van der Waals surface area (Å²) in [6, 6.07) is 7.14. The first-order valence-corrected chi connectivity index (χ1v) is 5.21. The first-order valence-electron chi connectivity index (χ1n) is 5.21. The molecule has 0 fully saturated rings. The van der Waals surface area contributed by atoms with E-state index in [4.69, 9.17) is 9.84 Å². The van der Waals surface area contributed by atoms with E-state index in [2.05, 4.69) is 9.97 Å². The zero-order valence-corrected chi connectivity index (χ0v) is 9.09. The molecule has 0 unspecified atom stereocenters. The number of nitrogens with one attached hydrogen (secondary N) is 1. The number of aliphatic hydroxyl groups is 1. The summed E-state index contributed by atoms with van der Waals surface area (Å²) in [7, 11) is 0. The molecule has 0 amide bonds. The van der Waals surface area contributed by atoms with Crippen molar-refractivity contribution in [1.29, 1.82) is 0 Å². The smallest absolute Gasteiger partial charge is 0.311 e. The molecule has 5 nitrogen and oxygen atoms in total. The predicted molar refractivity (Wildman–Crippen MR) is 62.2 cm³/mol. The van der Waals surface area contributed by atoms with Crippen LogP contribution in [0.5, 0.6) is 11.6 Å². The lowest BCUT2D eigenvalue weighted by Gasteiger charge is -2.04. The number of hydrogen-bond acceptors (Lipinski definition) is 4. The maximum absolute atomic E-state index is 11.3. The molecule has 1 aromatic carbocycles. The highest BCUT2D eigenvalue weighted by Crippen LogP contribution is 2.16. The van der Waals surface area contributed by atoms with Crippen molar-refractivity contribution in [1.82, 2.24) is 9.97 Å². The Morgan fingerprint density at radius 1 is 1.29 bits per heavy atom. The van der Waals surface area contributed by atoms with Gasteiger partial charge in [-0.05, 0) is 24.1 Å². The van der Waals surface area contributed by atoms with Crippen molar-refractivity contribution in [3.63, 3.8) is 0 Å². The Kier molecular flexibility index (Phi) is 3.52. The zero-order chi connectivity index (χ0) is 12.1. The molecule has 1 heterocycles. The van der Waals surface area contributed by atoms with Gasteiger partial charge in [0, 0.05) is 19.0 Å². The van der Waals surface area contributed by atoms with Gasteiger partial charge in [0.05, 0.1) is 0 Å². The molecule has 2 N–H and O–H groups in total. The minimum Gasteiger partial charge on any atom is -0.435 e. The third-order valence-corrected chi connectivity index (χ3v) is 2.21. The molecular weight excluding hydrogens is 220 g/mol. The molecule has 5 heteroatoms. The summed E-state index contributed by atoms with van der Waals surface area (Å²) in [4.78, 5) is 17.6. The van der Waals surface area contributed by atoms with E-state index in [1.165, 1.54) is 12.4 Å². The SMILES string of the molecule is O=c1[nH]ccnc1Oc1ccc(CCO)cc1. The highest BCUT2D eigenvalue weighted by atomic mass is 16.5. The van der Waals surface area contributed by atoms with Crippen molar-refractivity contribution in [2.75, 3.05) is 6.61 Å². The van der Waals surface area contributed by atoms with Crippen LogP contribution in [0.4, 0.5) is 0 Å². The minimum atomic E-state index is -0.369. The summed E-state index contributed by atoms with van der Waals surface area (Å²) in [6.45, 7) is 0.111. The average Bonchev–Trinajstić information content (AvgIpc) is 2.35. The molecule has 2 rings (SSSR count). The van der Waals surface area contributed by atoms with Gasteiger partial charge >= 0.3 is 5.56 Å². The molecule has 0 spiro atoms. The van der Waals surface area contributed by atoms with E-state index < -0.39 is 0 Å². The number of aromatic nitrogens is 2. The van der Waals surface area contributed by atoms with Crippen LogP contribution in [0, 0.1) is 0 Å². The van der Waals surface area contributed by atoms with Crippen LogP contribution in [-0.2, 0) is 6.42 Å². The van der Waals surface area contributed by atoms with Gasteiger partial charge < -0.3 is 14.8 Å². The largest absolute Gasteiger partial charge is 0.435 e. The fourth-order valence-electron chi connectivity index (χ4n) is 1.38. The number of nitrogens with zero attached hydrogens (tertiary/aromatic N) is 1. The van der Waals surface area contributed by atoms with Crippen LogP contribution in [0.25, 0.3) is 0 Å². The fourth-order valence-corrected chi connectivity index (χ4v) is 1.38. The number of aliphatic hydroxyl groups excluding tert-OH is 1. The molecule has 0 atom stereocenters. The van der Waals surface area contributed by atoms with E-state index >= 15 is 0 Å². The quantitative estimate of drug-likeness (QED) is 0.827. The molecule has 1 aromatic heterocycles. The van der Waals surface area contributed by atoms with E-state index in [1.54, 1.807) is 12.1 Å². The first-order chi connectivity index (χ1) is 8.29. The van der Waals surface area contributed by atoms with E-state index in [-0.39, 0.29) is 18.0 Å². The highest BCUT2D eigenvalue weighted by molar-refractivity contribution is 5.29. The fraction of sp³-hybridized carbons (Fsp3) is 0.167. The second kappa shape index (κ2) is 5.27. The molecule has 0 bridgehead atoms. The number of H-pyrrole nitrogens is 1. The summed E-state index contributed by atoms with van der Waals surface area (Å²) in [5.41, 5.74) is 0.640. The molecule has 0 aliphatic carbocycles. The van der Waals surface area contributed by atoms with Gasteiger partial charge in [-0.1, -0.05) is 12.1 Å². The summed E-state index contributed by atoms with van der Waals surface area (Å²) in [6.07, 6.45) is 3.50. The van der Waals surface area contributed by atoms with Crippen LogP contribution < -0.4 is 10.3 Å². The highest BCUT2D eigenvalue weighted by Gasteiger charge is 2.02.